The zero-order valence-electron chi connectivity index (χ0n) is 15.6. The monoisotopic (exact) mass is 385 g/mol. The second kappa shape index (κ2) is 7.16. The number of hydrogen-bond donors (Lipinski definition) is 0. The van der Waals surface area contributed by atoms with Crippen LogP contribution in [0, 0.1) is 13.8 Å². The predicted molar refractivity (Wildman–Crippen MR) is 113 cm³/mol. The number of anilines is 1. The minimum Gasteiger partial charge on any atom is -0.353 e. The topological polar surface area (TPSA) is 29.0 Å². The SMILES string of the molecule is CCC1CCCCN1c1nc(Cl)nc2sc(C)c(-c3ccc(C)cc3)c12. The Balaban J connectivity index is 1.96. The van der Waals surface area contributed by atoms with Crippen molar-refractivity contribution in [1.82, 2.24) is 9.97 Å². The standard InChI is InChI=1S/C21H24ClN3S/c1-4-16-7-5-6-12-25(16)19-18-17(15-10-8-13(2)9-11-15)14(3)26-20(18)24-21(22)23-19/h8-11,16H,4-7,12H2,1-3H3. The van der Waals surface area contributed by atoms with E-state index >= 15 is 0 Å². The molecule has 1 aliphatic rings. The third kappa shape index (κ3) is 3.10. The zero-order valence-corrected chi connectivity index (χ0v) is 17.1. The van der Waals surface area contributed by atoms with Gasteiger partial charge in [-0.05, 0) is 56.7 Å². The lowest BCUT2D eigenvalue weighted by Crippen LogP contribution is -2.39. The van der Waals surface area contributed by atoms with Crippen molar-refractivity contribution in [3.05, 3.63) is 40.0 Å². The van der Waals surface area contributed by atoms with Crippen LogP contribution in [-0.4, -0.2) is 22.6 Å². The molecule has 1 aromatic carbocycles. The Hall–Kier alpha value is -1.65. The Kier molecular flexibility index (Phi) is 4.89. The number of benzene rings is 1. The smallest absolute Gasteiger partial charge is 0.225 e. The van der Waals surface area contributed by atoms with Crippen LogP contribution in [-0.2, 0) is 0 Å². The van der Waals surface area contributed by atoms with E-state index in [-0.39, 0.29) is 0 Å². The zero-order chi connectivity index (χ0) is 18.3. The number of aromatic nitrogens is 2. The van der Waals surface area contributed by atoms with Crippen molar-refractivity contribution in [1.29, 1.82) is 0 Å². The Labute approximate surface area is 164 Å². The molecule has 0 spiro atoms. The van der Waals surface area contributed by atoms with Crippen LogP contribution in [0.3, 0.4) is 0 Å². The van der Waals surface area contributed by atoms with E-state index in [1.807, 2.05) is 0 Å². The molecular formula is C21H24ClN3S. The van der Waals surface area contributed by atoms with E-state index in [1.54, 1.807) is 11.3 Å². The predicted octanol–water partition coefficient (Wildman–Crippen LogP) is 6.40. The Morgan fingerprint density at radius 1 is 1.15 bits per heavy atom. The Morgan fingerprint density at radius 2 is 1.92 bits per heavy atom. The van der Waals surface area contributed by atoms with Crippen LogP contribution >= 0.6 is 22.9 Å². The molecule has 1 atom stereocenters. The number of fused-ring (bicyclic) bond motifs is 1. The van der Waals surface area contributed by atoms with E-state index in [0.29, 0.717) is 11.3 Å². The summed E-state index contributed by atoms with van der Waals surface area (Å²) in [6.07, 6.45) is 4.86. The van der Waals surface area contributed by atoms with Gasteiger partial charge in [-0.15, -0.1) is 11.3 Å². The maximum Gasteiger partial charge on any atom is 0.225 e. The molecule has 3 heterocycles. The van der Waals surface area contributed by atoms with Gasteiger partial charge in [0.25, 0.3) is 0 Å². The number of hydrogen-bond acceptors (Lipinski definition) is 4. The maximum atomic E-state index is 6.32. The van der Waals surface area contributed by atoms with Crippen LogP contribution in [0.1, 0.15) is 43.0 Å². The van der Waals surface area contributed by atoms with Gasteiger partial charge in [0.1, 0.15) is 10.6 Å². The van der Waals surface area contributed by atoms with Gasteiger partial charge in [0.15, 0.2) is 0 Å². The lowest BCUT2D eigenvalue weighted by atomic mass is 9.98. The molecule has 136 valence electrons. The van der Waals surface area contributed by atoms with Crippen molar-refractivity contribution in [3.63, 3.8) is 0 Å². The van der Waals surface area contributed by atoms with E-state index in [4.69, 9.17) is 16.6 Å². The molecule has 0 aliphatic carbocycles. The highest BCUT2D eigenvalue weighted by Gasteiger charge is 2.27. The lowest BCUT2D eigenvalue weighted by Gasteiger charge is -2.36. The number of piperidine rings is 1. The van der Waals surface area contributed by atoms with Gasteiger partial charge in [0.2, 0.25) is 5.28 Å². The van der Waals surface area contributed by atoms with Gasteiger partial charge in [-0.2, -0.15) is 4.98 Å². The minimum absolute atomic E-state index is 0.352. The molecule has 0 bridgehead atoms. The second-order valence-corrected chi connectivity index (χ2v) is 8.69. The third-order valence-corrected chi connectivity index (χ3v) is 6.56. The molecular weight excluding hydrogens is 362 g/mol. The first-order valence-electron chi connectivity index (χ1n) is 9.38. The van der Waals surface area contributed by atoms with Crippen LogP contribution in [0.2, 0.25) is 5.28 Å². The number of aryl methyl sites for hydroxylation is 2. The van der Waals surface area contributed by atoms with E-state index in [0.717, 1.165) is 23.6 Å². The lowest BCUT2D eigenvalue weighted by molar-refractivity contribution is 0.448. The van der Waals surface area contributed by atoms with E-state index in [9.17, 15) is 0 Å². The van der Waals surface area contributed by atoms with E-state index in [1.165, 1.54) is 46.2 Å². The highest BCUT2D eigenvalue weighted by molar-refractivity contribution is 7.19. The van der Waals surface area contributed by atoms with Gasteiger partial charge in [0, 0.05) is 23.0 Å². The van der Waals surface area contributed by atoms with Crippen molar-refractivity contribution in [3.8, 4) is 11.1 Å². The molecule has 0 N–H and O–H groups in total. The summed E-state index contributed by atoms with van der Waals surface area (Å²) in [5.41, 5.74) is 3.77. The molecule has 3 nitrogen and oxygen atoms in total. The summed E-state index contributed by atoms with van der Waals surface area (Å²) in [6, 6.07) is 9.28. The van der Waals surface area contributed by atoms with Crippen molar-refractivity contribution in [2.75, 3.05) is 11.4 Å². The molecule has 1 unspecified atom stereocenters. The number of nitrogens with zero attached hydrogens (tertiary/aromatic N) is 3. The average Bonchev–Trinajstić information content (AvgIpc) is 2.97. The van der Waals surface area contributed by atoms with E-state index in [2.05, 4.69) is 54.9 Å². The van der Waals surface area contributed by atoms with Gasteiger partial charge in [-0.25, -0.2) is 4.98 Å². The number of halogens is 1. The molecule has 3 aromatic rings. The molecule has 0 amide bonds. The minimum atomic E-state index is 0.352. The highest BCUT2D eigenvalue weighted by atomic mass is 35.5. The van der Waals surface area contributed by atoms with Gasteiger partial charge >= 0.3 is 0 Å². The molecule has 1 fully saturated rings. The van der Waals surface area contributed by atoms with Crippen LogP contribution in [0.15, 0.2) is 24.3 Å². The first-order valence-corrected chi connectivity index (χ1v) is 10.6. The average molecular weight is 386 g/mol. The van der Waals surface area contributed by atoms with Gasteiger partial charge in [-0.1, -0.05) is 36.8 Å². The summed E-state index contributed by atoms with van der Waals surface area (Å²) in [5.74, 6) is 1.02. The molecule has 4 rings (SSSR count). The van der Waals surface area contributed by atoms with Crippen molar-refractivity contribution in [2.45, 2.75) is 52.5 Å². The first kappa shape index (κ1) is 17.7. The fraction of sp³-hybridized carbons (Fsp3) is 0.429. The van der Waals surface area contributed by atoms with Crippen LogP contribution < -0.4 is 4.90 Å². The van der Waals surface area contributed by atoms with Crippen LogP contribution in [0.25, 0.3) is 21.3 Å². The van der Waals surface area contributed by atoms with Crippen molar-refractivity contribution >= 4 is 39.0 Å². The largest absolute Gasteiger partial charge is 0.353 e. The summed E-state index contributed by atoms with van der Waals surface area (Å²) in [5, 5.41) is 1.52. The molecule has 0 saturated carbocycles. The normalized spacial score (nSPS) is 17.8. The summed E-state index contributed by atoms with van der Waals surface area (Å²) < 4.78 is 0. The summed E-state index contributed by atoms with van der Waals surface area (Å²) in [6.45, 7) is 7.61. The van der Waals surface area contributed by atoms with Gasteiger partial charge in [-0.3, -0.25) is 0 Å². The van der Waals surface area contributed by atoms with Crippen molar-refractivity contribution < 1.29 is 0 Å². The van der Waals surface area contributed by atoms with Gasteiger partial charge < -0.3 is 4.90 Å². The van der Waals surface area contributed by atoms with Crippen LogP contribution in [0.5, 0.6) is 0 Å². The molecule has 26 heavy (non-hydrogen) atoms. The fourth-order valence-electron chi connectivity index (χ4n) is 4.05. The summed E-state index contributed by atoms with van der Waals surface area (Å²) in [7, 11) is 0. The first-order chi connectivity index (χ1) is 12.6. The Morgan fingerprint density at radius 3 is 2.65 bits per heavy atom. The number of rotatable bonds is 3. The van der Waals surface area contributed by atoms with Gasteiger partial charge in [0.05, 0.1) is 5.39 Å². The fourth-order valence-corrected chi connectivity index (χ4v) is 5.30. The molecule has 1 aliphatic heterocycles. The molecule has 5 heteroatoms. The van der Waals surface area contributed by atoms with Crippen molar-refractivity contribution in [2.24, 2.45) is 0 Å². The molecule has 2 aromatic heterocycles. The quantitative estimate of drug-likeness (QED) is 0.488. The molecule has 1 saturated heterocycles. The highest BCUT2D eigenvalue weighted by Crippen LogP contribution is 2.43. The van der Waals surface area contributed by atoms with E-state index < -0.39 is 0 Å². The third-order valence-electron chi connectivity index (χ3n) is 5.39. The molecule has 0 radical (unpaired) electrons. The second-order valence-electron chi connectivity index (χ2n) is 7.15. The maximum absolute atomic E-state index is 6.32. The summed E-state index contributed by atoms with van der Waals surface area (Å²) >= 11 is 8.04. The number of thiophene rings is 1. The summed E-state index contributed by atoms with van der Waals surface area (Å²) in [4.78, 5) is 14.0. The van der Waals surface area contributed by atoms with Crippen LogP contribution in [0.4, 0.5) is 5.82 Å². The Bertz CT molecular complexity index is 933.